The zero-order chi connectivity index (χ0) is 15.0. The van der Waals surface area contributed by atoms with Crippen LogP contribution in [0.3, 0.4) is 0 Å². The molecule has 0 aliphatic rings. The van der Waals surface area contributed by atoms with Gasteiger partial charge in [0.05, 0.1) is 6.54 Å². The van der Waals surface area contributed by atoms with Gasteiger partial charge in [-0.25, -0.2) is 0 Å². The molecule has 0 radical (unpaired) electrons. The molecule has 0 aliphatic carbocycles. The number of rotatable bonds is 7. The zero-order valence-electron chi connectivity index (χ0n) is 12.3. The van der Waals surface area contributed by atoms with Crippen molar-refractivity contribution in [3.8, 4) is 0 Å². The maximum Gasteiger partial charge on any atom is 0.242 e. The molecular formula is C15H23N3O2. The van der Waals surface area contributed by atoms with E-state index in [-0.39, 0.29) is 18.4 Å². The molecule has 0 spiro atoms. The van der Waals surface area contributed by atoms with Gasteiger partial charge in [-0.3, -0.25) is 9.59 Å². The van der Waals surface area contributed by atoms with E-state index >= 15 is 0 Å². The number of para-hydroxylation sites is 1. The maximum atomic E-state index is 11.9. The SMILES string of the molecule is CCCNC(=O)[C@@H](C)NC(=O)CN(C)c1ccccc1. The highest BCUT2D eigenvalue weighted by Crippen LogP contribution is 2.09. The van der Waals surface area contributed by atoms with Crippen molar-refractivity contribution >= 4 is 17.5 Å². The van der Waals surface area contributed by atoms with Crippen molar-refractivity contribution in [2.24, 2.45) is 0 Å². The van der Waals surface area contributed by atoms with Crippen molar-refractivity contribution < 1.29 is 9.59 Å². The fourth-order valence-corrected chi connectivity index (χ4v) is 1.74. The number of nitrogens with zero attached hydrogens (tertiary/aromatic N) is 1. The molecule has 0 fully saturated rings. The lowest BCUT2D eigenvalue weighted by molar-refractivity contribution is -0.127. The van der Waals surface area contributed by atoms with Gasteiger partial charge in [0.15, 0.2) is 0 Å². The lowest BCUT2D eigenvalue weighted by Gasteiger charge is -2.20. The quantitative estimate of drug-likeness (QED) is 0.786. The van der Waals surface area contributed by atoms with E-state index in [9.17, 15) is 9.59 Å². The normalized spacial score (nSPS) is 11.6. The summed E-state index contributed by atoms with van der Waals surface area (Å²) in [4.78, 5) is 25.4. The molecule has 1 aromatic carbocycles. The average molecular weight is 277 g/mol. The van der Waals surface area contributed by atoms with Gasteiger partial charge in [-0.15, -0.1) is 0 Å². The Bertz CT molecular complexity index is 434. The fraction of sp³-hybridized carbons (Fsp3) is 0.467. The predicted octanol–water partition coefficient (Wildman–Crippen LogP) is 1.15. The molecule has 110 valence electrons. The molecule has 2 N–H and O–H groups in total. The summed E-state index contributed by atoms with van der Waals surface area (Å²) in [5.41, 5.74) is 0.964. The molecule has 0 aromatic heterocycles. The topological polar surface area (TPSA) is 61.4 Å². The van der Waals surface area contributed by atoms with Gasteiger partial charge in [-0.2, -0.15) is 0 Å². The molecule has 5 nitrogen and oxygen atoms in total. The maximum absolute atomic E-state index is 11.9. The summed E-state index contributed by atoms with van der Waals surface area (Å²) < 4.78 is 0. The number of hydrogen-bond acceptors (Lipinski definition) is 3. The second-order valence-electron chi connectivity index (χ2n) is 4.77. The summed E-state index contributed by atoms with van der Waals surface area (Å²) in [5.74, 6) is -0.321. The first-order valence-electron chi connectivity index (χ1n) is 6.87. The van der Waals surface area contributed by atoms with Crippen LogP contribution in [0.1, 0.15) is 20.3 Å². The van der Waals surface area contributed by atoms with E-state index in [1.165, 1.54) is 0 Å². The first kappa shape index (κ1) is 16.0. The molecule has 0 aliphatic heterocycles. The van der Waals surface area contributed by atoms with E-state index in [1.54, 1.807) is 6.92 Å². The Balaban J connectivity index is 2.41. The van der Waals surface area contributed by atoms with Crippen molar-refractivity contribution in [1.82, 2.24) is 10.6 Å². The molecule has 1 aromatic rings. The van der Waals surface area contributed by atoms with Crippen molar-refractivity contribution in [1.29, 1.82) is 0 Å². The van der Waals surface area contributed by atoms with Crippen molar-refractivity contribution in [3.63, 3.8) is 0 Å². The highest BCUT2D eigenvalue weighted by atomic mass is 16.2. The Morgan fingerprint density at radius 1 is 1.25 bits per heavy atom. The van der Waals surface area contributed by atoms with Gasteiger partial charge in [0, 0.05) is 19.3 Å². The Morgan fingerprint density at radius 2 is 1.90 bits per heavy atom. The van der Waals surface area contributed by atoms with Crippen LogP contribution in [0.15, 0.2) is 30.3 Å². The number of benzene rings is 1. The largest absolute Gasteiger partial charge is 0.365 e. The Kier molecular flexibility index (Phi) is 6.56. The van der Waals surface area contributed by atoms with Crippen LogP contribution in [-0.4, -0.2) is 38.0 Å². The van der Waals surface area contributed by atoms with E-state index in [0.717, 1.165) is 12.1 Å². The van der Waals surface area contributed by atoms with Crippen LogP contribution in [0.25, 0.3) is 0 Å². The van der Waals surface area contributed by atoms with Crippen LogP contribution in [-0.2, 0) is 9.59 Å². The minimum atomic E-state index is -0.516. The highest BCUT2D eigenvalue weighted by Gasteiger charge is 2.15. The van der Waals surface area contributed by atoms with Crippen molar-refractivity contribution in [2.75, 3.05) is 25.0 Å². The fourth-order valence-electron chi connectivity index (χ4n) is 1.74. The summed E-state index contributed by atoms with van der Waals surface area (Å²) in [7, 11) is 1.84. The number of carbonyl (C=O) groups excluding carboxylic acids is 2. The van der Waals surface area contributed by atoms with Gasteiger partial charge in [-0.05, 0) is 25.5 Å². The monoisotopic (exact) mass is 277 g/mol. The van der Waals surface area contributed by atoms with E-state index < -0.39 is 6.04 Å². The second kappa shape index (κ2) is 8.19. The third-order valence-corrected chi connectivity index (χ3v) is 2.90. The zero-order valence-corrected chi connectivity index (χ0v) is 12.3. The van der Waals surface area contributed by atoms with Gasteiger partial charge in [0.2, 0.25) is 11.8 Å². The highest BCUT2D eigenvalue weighted by molar-refractivity contribution is 5.89. The number of likely N-dealkylation sites (N-methyl/N-ethyl adjacent to an activating group) is 1. The van der Waals surface area contributed by atoms with Crippen LogP contribution < -0.4 is 15.5 Å². The number of carbonyl (C=O) groups is 2. The molecule has 5 heteroatoms. The summed E-state index contributed by atoms with van der Waals surface area (Å²) in [6.45, 7) is 4.52. The molecule has 0 saturated heterocycles. The van der Waals surface area contributed by atoms with Gasteiger partial charge in [0.1, 0.15) is 6.04 Å². The van der Waals surface area contributed by atoms with Gasteiger partial charge in [0.25, 0.3) is 0 Å². The van der Waals surface area contributed by atoms with E-state index in [1.807, 2.05) is 49.2 Å². The summed E-state index contributed by atoms with van der Waals surface area (Å²) in [6.07, 6.45) is 0.878. The molecular weight excluding hydrogens is 254 g/mol. The van der Waals surface area contributed by atoms with Crippen molar-refractivity contribution in [2.45, 2.75) is 26.3 Å². The third kappa shape index (κ3) is 5.30. The molecule has 0 unspecified atom stereocenters. The van der Waals surface area contributed by atoms with Gasteiger partial charge >= 0.3 is 0 Å². The van der Waals surface area contributed by atoms with E-state index in [2.05, 4.69) is 10.6 Å². The van der Waals surface area contributed by atoms with E-state index in [4.69, 9.17) is 0 Å². The first-order chi connectivity index (χ1) is 9.54. The second-order valence-corrected chi connectivity index (χ2v) is 4.77. The molecule has 1 atom stereocenters. The summed E-state index contributed by atoms with van der Waals surface area (Å²) in [5, 5.41) is 5.45. The first-order valence-corrected chi connectivity index (χ1v) is 6.87. The molecule has 2 amide bonds. The average Bonchev–Trinajstić information content (AvgIpc) is 2.45. The Morgan fingerprint density at radius 3 is 2.50 bits per heavy atom. The minimum absolute atomic E-state index is 0.150. The molecule has 0 bridgehead atoms. The third-order valence-electron chi connectivity index (χ3n) is 2.90. The predicted molar refractivity (Wildman–Crippen MR) is 80.6 cm³/mol. The van der Waals surface area contributed by atoms with E-state index in [0.29, 0.717) is 6.54 Å². The Hall–Kier alpha value is -2.04. The van der Waals surface area contributed by atoms with Crippen LogP contribution >= 0.6 is 0 Å². The van der Waals surface area contributed by atoms with Gasteiger partial charge < -0.3 is 15.5 Å². The van der Waals surface area contributed by atoms with Gasteiger partial charge in [-0.1, -0.05) is 25.1 Å². The molecule has 20 heavy (non-hydrogen) atoms. The lowest BCUT2D eigenvalue weighted by Crippen LogP contribution is -2.47. The van der Waals surface area contributed by atoms with Crippen molar-refractivity contribution in [3.05, 3.63) is 30.3 Å². The molecule has 1 rings (SSSR count). The number of nitrogens with one attached hydrogen (secondary N) is 2. The number of amides is 2. The molecule has 0 heterocycles. The number of anilines is 1. The summed E-state index contributed by atoms with van der Waals surface area (Å²) in [6, 6.07) is 9.13. The van der Waals surface area contributed by atoms with Crippen LogP contribution in [0.2, 0.25) is 0 Å². The minimum Gasteiger partial charge on any atom is -0.365 e. The summed E-state index contributed by atoms with van der Waals surface area (Å²) >= 11 is 0. The number of hydrogen-bond donors (Lipinski definition) is 2. The lowest BCUT2D eigenvalue weighted by atomic mass is 10.2. The molecule has 0 saturated carbocycles. The smallest absolute Gasteiger partial charge is 0.242 e. The van der Waals surface area contributed by atoms with Crippen LogP contribution in [0.4, 0.5) is 5.69 Å². The van der Waals surface area contributed by atoms with Crippen LogP contribution in [0, 0.1) is 0 Å². The Labute approximate surface area is 120 Å². The van der Waals surface area contributed by atoms with Crippen LogP contribution in [0.5, 0.6) is 0 Å². The standard InChI is InChI=1S/C15H23N3O2/c1-4-10-16-15(20)12(2)17-14(19)11-18(3)13-8-6-5-7-9-13/h5-9,12H,4,10-11H2,1-3H3,(H,16,20)(H,17,19)/t12-/m1/s1.